The fourth-order valence-electron chi connectivity index (χ4n) is 2.59. The highest BCUT2D eigenvalue weighted by molar-refractivity contribution is 6.30. The van der Waals surface area contributed by atoms with Crippen LogP contribution in [0.3, 0.4) is 0 Å². The van der Waals surface area contributed by atoms with E-state index in [9.17, 15) is 13.6 Å². The lowest BCUT2D eigenvalue weighted by molar-refractivity contribution is -0.00942. The van der Waals surface area contributed by atoms with Gasteiger partial charge < -0.3 is 10.5 Å². The summed E-state index contributed by atoms with van der Waals surface area (Å²) < 4.78 is 33.3. The van der Waals surface area contributed by atoms with Crippen LogP contribution in [0.5, 0.6) is 0 Å². The van der Waals surface area contributed by atoms with Crippen LogP contribution in [0.1, 0.15) is 26.3 Å². The summed E-state index contributed by atoms with van der Waals surface area (Å²) in [5, 5.41) is 0.504. The highest BCUT2D eigenvalue weighted by Gasteiger charge is 2.54. The van der Waals surface area contributed by atoms with Crippen molar-refractivity contribution >= 4 is 17.7 Å². The van der Waals surface area contributed by atoms with Gasteiger partial charge in [-0.05, 0) is 44.9 Å². The minimum Gasteiger partial charge on any atom is -0.444 e. The third-order valence-corrected chi connectivity index (χ3v) is 3.88. The smallest absolute Gasteiger partial charge is 0.410 e. The number of hydrogen-bond donors (Lipinski definition) is 1. The third-order valence-electron chi connectivity index (χ3n) is 3.65. The number of halogens is 3. The molecule has 2 N–H and O–H groups in total. The second-order valence-corrected chi connectivity index (χ2v) is 7.23. The zero-order chi connectivity index (χ0) is 17.4. The Morgan fingerprint density at radius 2 is 2.13 bits per heavy atom. The number of rotatable bonds is 2. The van der Waals surface area contributed by atoms with Gasteiger partial charge >= 0.3 is 6.09 Å². The number of nitrogens with two attached hydrogens (primary N) is 1. The van der Waals surface area contributed by atoms with E-state index in [4.69, 9.17) is 22.1 Å². The van der Waals surface area contributed by atoms with Gasteiger partial charge in [0.05, 0.1) is 18.6 Å². The molecular weight excluding hydrogens is 326 g/mol. The molecule has 1 heterocycles. The number of ether oxygens (including phenoxy) is 1. The quantitative estimate of drug-likeness (QED) is 0.892. The van der Waals surface area contributed by atoms with Crippen LogP contribution < -0.4 is 5.73 Å². The molecule has 4 nitrogen and oxygen atoms in total. The van der Waals surface area contributed by atoms with Crippen LogP contribution >= 0.6 is 11.6 Å². The summed E-state index contributed by atoms with van der Waals surface area (Å²) in [5.41, 5.74) is 5.68. The van der Waals surface area contributed by atoms with Crippen LogP contribution in [0.4, 0.5) is 13.6 Å². The maximum atomic E-state index is 14.0. The Morgan fingerprint density at radius 3 is 2.70 bits per heavy atom. The maximum Gasteiger partial charge on any atom is 0.410 e. The van der Waals surface area contributed by atoms with Crippen molar-refractivity contribution in [3.05, 3.63) is 34.9 Å². The van der Waals surface area contributed by atoms with Crippen molar-refractivity contribution in [1.29, 1.82) is 0 Å². The van der Waals surface area contributed by atoms with Crippen molar-refractivity contribution in [3.8, 4) is 0 Å². The summed E-state index contributed by atoms with van der Waals surface area (Å²) in [5.74, 6) is -3.15. The van der Waals surface area contributed by atoms with E-state index in [0.29, 0.717) is 5.02 Å². The molecule has 23 heavy (non-hydrogen) atoms. The first-order valence-electron chi connectivity index (χ1n) is 7.37. The van der Waals surface area contributed by atoms with Gasteiger partial charge in [-0.25, -0.2) is 13.6 Å². The van der Waals surface area contributed by atoms with Crippen molar-refractivity contribution in [2.24, 2.45) is 5.73 Å². The number of likely N-dealkylation sites (tertiary alicyclic amines) is 1. The average Bonchev–Trinajstić information content (AvgIpc) is 2.61. The van der Waals surface area contributed by atoms with E-state index in [1.807, 2.05) is 0 Å². The minimum absolute atomic E-state index is 0.191. The molecule has 0 saturated carbocycles. The van der Waals surface area contributed by atoms with Crippen LogP contribution in [0.2, 0.25) is 5.02 Å². The van der Waals surface area contributed by atoms with Gasteiger partial charge in [-0.3, -0.25) is 4.90 Å². The number of carbonyl (C=O) groups is 1. The molecule has 1 aliphatic heterocycles. The van der Waals surface area contributed by atoms with E-state index in [1.54, 1.807) is 45.0 Å². The first-order chi connectivity index (χ1) is 10.5. The number of hydrogen-bond acceptors (Lipinski definition) is 3. The molecule has 1 aromatic rings. The molecule has 1 saturated heterocycles. The number of carbonyl (C=O) groups excluding carboxylic acids is 1. The fraction of sp³-hybridized carbons (Fsp3) is 0.562. The molecule has 0 spiro atoms. The number of amides is 1. The zero-order valence-corrected chi connectivity index (χ0v) is 14.1. The normalized spacial score (nSPS) is 23.9. The lowest BCUT2D eigenvalue weighted by Crippen LogP contribution is -2.47. The minimum atomic E-state index is -3.15. The second-order valence-electron chi connectivity index (χ2n) is 6.80. The summed E-state index contributed by atoms with van der Waals surface area (Å²) in [4.78, 5) is 13.3. The van der Waals surface area contributed by atoms with Gasteiger partial charge in [0.25, 0.3) is 5.92 Å². The average molecular weight is 347 g/mol. The lowest BCUT2D eigenvalue weighted by Gasteiger charge is -2.29. The molecule has 2 rings (SSSR count). The second kappa shape index (κ2) is 6.24. The Kier molecular flexibility index (Phi) is 4.87. The number of alkyl halides is 2. The van der Waals surface area contributed by atoms with Crippen molar-refractivity contribution < 1.29 is 18.3 Å². The third kappa shape index (κ3) is 4.32. The van der Waals surface area contributed by atoms with E-state index >= 15 is 0 Å². The number of nitrogens with zero attached hydrogens (tertiary/aromatic N) is 1. The number of benzene rings is 1. The van der Waals surface area contributed by atoms with Gasteiger partial charge in [0.15, 0.2) is 0 Å². The van der Waals surface area contributed by atoms with Gasteiger partial charge in [0.1, 0.15) is 5.60 Å². The summed E-state index contributed by atoms with van der Waals surface area (Å²) in [7, 11) is 0. The maximum absolute atomic E-state index is 14.0. The molecule has 0 aliphatic carbocycles. The molecular formula is C16H21ClF2N2O2. The lowest BCUT2D eigenvalue weighted by atomic mass is 9.99. The predicted octanol–water partition coefficient (Wildman–Crippen LogP) is 3.46. The molecule has 1 aromatic carbocycles. The monoisotopic (exact) mass is 346 g/mol. The Morgan fingerprint density at radius 1 is 1.48 bits per heavy atom. The Hall–Kier alpha value is -1.40. The van der Waals surface area contributed by atoms with Crippen LogP contribution in [-0.2, 0) is 11.2 Å². The van der Waals surface area contributed by atoms with Crippen LogP contribution in [0.25, 0.3) is 0 Å². The highest BCUT2D eigenvalue weighted by atomic mass is 35.5. The molecule has 2 atom stereocenters. The largest absolute Gasteiger partial charge is 0.444 e. The standard InChI is InChI=1S/C16H21ClF2N2O2/c1-15(2,3)23-14(22)21-9-16(18,19)13(20)12(21)8-10-5-4-6-11(17)7-10/h4-7,12-13H,8-9,20H2,1-3H3/t12-,13+/m0/s1. The van der Waals surface area contributed by atoms with Gasteiger partial charge in [0.2, 0.25) is 0 Å². The van der Waals surface area contributed by atoms with E-state index in [1.165, 1.54) is 0 Å². The summed E-state index contributed by atoms with van der Waals surface area (Å²) in [6, 6.07) is 4.57. The van der Waals surface area contributed by atoms with E-state index in [2.05, 4.69) is 0 Å². The summed E-state index contributed by atoms with van der Waals surface area (Å²) in [6.45, 7) is 4.31. The molecule has 0 unspecified atom stereocenters. The van der Waals surface area contributed by atoms with E-state index in [-0.39, 0.29) is 6.42 Å². The van der Waals surface area contributed by atoms with Crippen LogP contribution in [-0.4, -0.2) is 41.1 Å². The summed E-state index contributed by atoms with van der Waals surface area (Å²) in [6.07, 6.45) is -0.589. The highest BCUT2D eigenvalue weighted by Crippen LogP contribution is 2.34. The van der Waals surface area contributed by atoms with E-state index in [0.717, 1.165) is 10.5 Å². The fourth-order valence-corrected chi connectivity index (χ4v) is 2.80. The van der Waals surface area contributed by atoms with Crippen molar-refractivity contribution in [2.75, 3.05) is 6.54 Å². The van der Waals surface area contributed by atoms with Crippen molar-refractivity contribution in [1.82, 2.24) is 4.90 Å². The van der Waals surface area contributed by atoms with Gasteiger partial charge in [-0.15, -0.1) is 0 Å². The zero-order valence-electron chi connectivity index (χ0n) is 13.4. The molecule has 0 aromatic heterocycles. The van der Waals surface area contributed by atoms with Gasteiger partial charge in [-0.1, -0.05) is 23.7 Å². The van der Waals surface area contributed by atoms with Gasteiger partial charge in [0, 0.05) is 5.02 Å². The SMILES string of the molecule is CC(C)(C)OC(=O)N1CC(F)(F)[C@H](N)[C@@H]1Cc1cccc(Cl)c1. The molecule has 128 valence electrons. The van der Waals surface area contributed by atoms with Crippen molar-refractivity contribution in [3.63, 3.8) is 0 Å². The molecule has 0 radical (unpaired) electrons. The summed E-state index contributed by atoms with van der Waals surface area (Å²) >= 11 is 5.92. The molecule has 1 aliphatic rings. The van der Waals surface area contributed by atoms with Crippen molar-refractivity contribution in [2.45, 2.75) is 50.8 Å². The van der Waals surface area contributed by atoms with Gasteiger partial charge in [-0.2, -0.15) is 0 Å². The molecule has 1 amide bonds. The van der Waals surface area contributed by atoms with E-state index < -0.39 is 36.2 Å². The van der Waals surface area contributed by atoms with Crippen LogP contribution in [0, 0.1) is 0 Å². The molecule has 1 fully saturated rings. The first kappa shape index (κ1) is 17.9. The Labute approximate surface area is 139 Å². The Balaban J connectivity index is 2.23. The first-order valence-corrected chi connectivity index (χ1v) is 7.75. The molecule has 0 bridgehead atoms. The Bertz CT molecular complexity index is 590. The predicted molar refractivity (Wildman–Crippen MR) is 84.8 cm³/mol. The van der Waals surface area contributed by atoms with Crippen LogP contribution in [0.15, 0.2) is 24.3 Å². The topological polar surface area (TPSA) is 55.6 Å². The molecule has 7 heteroatoms.